The van der Waals surface area contributed by atoms with Crippen LogP contribution in [-0.2, 0) is 6.54 Å². The van der Waals surface area contributed by atoms with Gasteiger partial charge in [0.25, 0.3) is 0 Å². The van der Waals surface area contributed by atoms with Crippen molar-refractivity contribution in [2.24, 2.45) is 0 Å². The number of aromatic nitrogens is 4. The van der Waals surface area contributed by atoms with Crippen molar-refractivity contribution in [1.29, 1.82) is 0 Å². The van der Waals surface area contributed by atoms with Crippen LogP contribution in [0.5, 0.6) is 5.75 Å². The van der Waals surface area contributed by atoms with E-state index in [-0.39, 0.29) is 12.4 Å². The number of aryl methyl sites for hydroxylation is 1. The Hall–Kier alpha value is -2.97. The van der Waals surface area contributed by atoms with E-state index < -0.39 is 0 Å². The molecule has 2 aromatic heterocycles. The van der Waals surface area contributed by atoms with Gasteiger partial charge in [-0.2, -0.15) is 5.10 Å². The molecule has 1 aliphatic rings. The van der Waals surface area contributed by atoms with Crippen LogP contribution in [0.4, 0.5) is 5.95 Å². The van der Waals surface area contributed by atoms with Gasteiger partial charge >= 0.3 is 0 Å². The number of aromatic hydroxyl groups is 1. The van der Waals surface area contributed by atoms with E-state index in [1.54, 1.807) is 16.9 Å². The predicted octanol–water partition coefficient (Wildman–Crippen LogP) is 3.22. The smallest absolute Gasteiger partial charge is 0.223 e. The minimum Gasteiger partial charge on any atom is -0.508 e. The minimum atomic E-state index is -0.00900. The number of hydrogen-bond donors (Lipinski definition) is 3. The maximum atomic E-state index is 10.3. The summed E-state index contributed by atoms with van der Waals surface area (Å²) in [5.41, 5.74) is 4.96. The fourth-order valence-electron chi connectivity index (χ4n) is 4.30. The molecule has 0 radical (unpaired) electrons. The monoisotopic (exact) mass is 436 g/mol. The molecule has 8 nitrogen and oxygen atoms in total. The molecule has 3 N–H and O–H groups in total. The van der Waals surface area contributed by atoms with Crippen LogP contribution in [0.3, 0.4) is 0 Å². The Kier molecular flexibility index (Phi) is 6.72. The number of nitrogens with one attached hydrogen (secondary N) is 1. The molecule has 0 amide bonds. The lowest BCUT2D eigenvalue weighted by molar-refractivity contribution is 0.269. The molecule has 3 aromatic rings. The Morgan fingerprint density at radius 2 is 2.09 bits per heavy atom. The number of nitrogens with zero attached hydrogens (tertiary/aromatic N) is 5. The van der Waals surface area contributed by atoms with Gasteiger partial charge in [-0.3, -0.25) is 4.68 Å². The van der Waals surface area contributed by atoms with E-state index in [9.17, 15) is 10.2 Å². The molecule has 0 aliphatic carbocycles. The highest BCUT2D eigenvalue weighted by atomic mass is 16.3. The fraction of sp³-hybridized carbons (Fsp3) is 0.458. The first-order valence-corrected chi connectivity index (χ1v) is 11.2. The van der Waals surface area contributed by atoms with Crippen molar-refractivity contribution in [2.45, 2.75) is 45.7 Å². The zero-order chi connectivity index (χ0) is 22.7. The molecule has 1 aliphatic heterocycles. The highest BCUT2D eigenvalue weighted by Crippen LogP contribution is 2.34. The van der Waals surface area contributed by atoms with Crippen molar-refractivity contribution in [2.75, 3.05) is 32.1 Å². The lowest BCUT2D eigenvalue weighted by atomic mass is 10.00. The third-order valence-corrected chi connectivity index (χ3v) is 6.37. The number of aliphatic hydroxyl groups excluding tert-OH is 1. The van der Waals surface area contributed by atoms with Gasteiger partial charge in [0.1, 0.15) is 11.4 Å². The van der Waals surface area contributed by atoms with Gasteiger partial charge in [-0.15, -0.1) is 0 Å². The van der Waals surface area contributed by atoms with E-state index in [0.29, 0.717) is 24.2 Å². The highest BCUT2D eigenvalue weighted by molar-refractivity contribution is 5.80. The van der Waals surface area contributed by atoms with Crippen LogP contribution in [0.15, 0.2) is 30.6 Å². The van der Waals surface area contributed by atoms with Crippen LogP contribution in [0, 0.1) is 13.8 Å². The van der Waals surface area contributed by atoms with Gasteiger partial charge in [-0.05, 0) is 76.0 Å². The topological polar surface area (TPSA) is 99.3 Å². The third-order valence-electron chi connectivity index (χ3n) is 6.37. The lowest BCUT2D eigenvalue weighted by Gasteiger charge is -2.19. The zero-order valence-electron chi connectivity index (χ0n) is 19.0. The number of rotatable bonds is 8. The molecule has 170 valence electrons. The maximum absolute atomic E-state index is 10.3. The molecule has 4 rings (SSSR count). The largest absolute Gasteiger partial charge is 0.508 e. The molecule has 1 saturated heterocycles. The lowest BCUT2D eigenvalue weighted by Crippen LogP contribution is -2.27. The van der Waals surface area contributed by atoms with Gasteiger partial charge in [0.15, 0.2) is 0 Å². The summed E-state index contributed by atoms with van der Waals surface area (Å²) < 4.78 is 1.71. The summed E-state index contributed by atoms with van der Waals surface area (Å²) in [5.74, 6) is 0.830. The van der Waals surface area contributed by atoms with Gasteiger partial charge in [-0.25, -0.2) is 9.97 Å². The first kappa shape index (κ1) is 22.2. The summed E-state index contributed by atoms with van der Waals surface area (Å²) >= 11 is 0. The number of aliphatic hydroxyl groups is 1. The molecule has 1 aromatic carbocycles. The van der Waals surface area contributed by atoms with Crippen molar-refractivity contribution in [3.63, 3.8) is 0 Å². The van der Waals surface area contributed by atoms with Crippen LogP contribution in [0.2, 0.25) is 0 Å². The Morgan fingerprint density at radius 3 is 2.81 bits per heavy atom. The summed E-state index contributed by atoms with van der Waals surface area (Å²) in [6.07, 6.45) is 7.21. The number of phenols is 1. The fourth-order valence-corrected chi connectivity index (χ4v) is 4.30. The Labute approximate surface area is 188 Å². The second-order valence-corrected chi connectivity index (χ2v) is 8.57. The number of benzene rings is 1. The first-order chi connectivity index (χ1) is 15.5. The third kappa shape index (κ3) is 4.76. The second kappa shape index (κ2) is 9.67. The van der Waals surface area contributed by atoms with E-state index in [1.165, 1.54) is 19.4 Å². The van der Waals surface area contributed by atoms with Crippen LogP contribution >= 0.6 is 0 Å². The van der Waals surface area contributed by atoms with Crippen molar-refractivity contribution < 1.29 is 10.2 Å². The van der Waals surface area contributed by atoms with Gasteiger partial charge in [0, 0.05) is 36.1 Å². The molecule has 0 bridgehead atoms. The number of likely N-dealkylation sites (tertiary alicyclic amines) is 1. The number of anilines is 1. The highest BCUT2D eigenvalue weighted by Gasteiger charge is 2.20. The van der Waals surface area contributed by atoms with Crippen molar-refractivity contribution in [1.82, 2.24) is 24.6 Å². The van der Waals surface area contributed by atoms with E-state index in [4.69, 9.17) is 4.98 Å². The van der Waals surface area contributed by atoms with Crippen LogP contribution < -0.4 is 5.32 Å². The molecular formula is C24H32N6O2. The van der Waals surface area contributed by atoms with Crippen molar-refractivity contribution in [3.8, 4) is 28.3 Å². The van der Waals surface area contributed by atoms with Crippen molar-refractivity contribution >= 4 is 5.95 Å². The molecule has 1 unspecified atom stereocenters. The summed E-state index contributed by atoms with van der Waals surface area (Å²) in [6.45, 7) is 6.23. The molecule has 8 heteroatoms. The average Bonchev–Trinajstić information content (AvgIpc) is 3.38. The second-order valence-electron chi connectivity index (χ2n) is 8.57. The molecule has 1 atom stereocenters. The van der Waals surface area contributed by atoms with Crippen LogP contribution in [0.25, 0.3) is 22.5 Å². The Balaban J connectivity index is 1.60. The van der Waals surface area contributed by atoms with Gasteiger partial charge in [-0.1, -0.05) is 0 Å². The predicted molar refractivity (Wildman–Crippen MR) is 126 cm³/mol. The van der Waals surface area contributed by atoms with E-state index in [1.807, 2.05) is 32.2 Å². The molecular weight excluding hydrogens is 404 g/mol. The summed E-state index contributed by atoms with van der Waals surface area (Å²) in [6, 6.07) is 6.23. The van der Waals surface area contributed by atoms with Gasteiger partial charge < -0.3 is 20.4 Å². The van der Waals surface area contributed by atoms with Crippen LogP contribution in [0.1, 0.15) is 30.4 Å². The van der Waals surface area contributed by atoms with Crippen LogP contribution in [-0.4, -0.2) is 67.6 Å². The van der Waals surface area contributed by atoms with Gasteiger partial charge in [0.2, 0.25) is 5.95 Å². The zero-order valence-corrected chi connectivity index (χ0v) is 19.0. The van der Waals surface area contributed by atoms with E-state index in [0.717, 1.165) is 40.9 Å². The van der Waals surface area contributed by atoms with Crippen molar-refractivity contribution in [3.05, 3.63) is 41.7 Å². The maximum Gasteiger partial charge on any atom is 0.223 e. The SMILES string of the molecule is Cc1cc(-c2nn(CCO)cc2-c2ccnc(NCCC3CCCN3C)n2)cc(O)c1C. The summed E-state index contributed by atoms with van der Waals surface area (Å²) in [4.78, 5) is 11.5. The van der Waals surface area contributed by atoms with Gasteiger partial charge in [0.05, 0.1) is 18.8 Å². The Morgan fingerprint density at radius 1 is 1.25 bits per heavy atom. The molecule has 32 heavy (non-hydrogen) atoms. The quantitative estimate of drug-likeness (QED) is 0.499. The molecule has 1 fully saturated rings. The number of hydrogen-bond acceptors (Lipinski definition) is 7. The molecule has 0 spiro atoms. The number of phenolic OH excluding ortho intramolecular Hbond substituents is 1. The normalized spacial score (nSPS) is 16.6. The van der Waals surface area contributed by atoms with E-state index >= 15 is 0 Å². The molecule has 3 heterocycles. The summed E-state index contributed by atoms with van der Waals surface area (Å²) in [7, 11) is 2.19. The average molecular weight is 437 g/mol. The first-order valence-electron chi connectivity index (χ1n) is 11.2. The van der Waals surface area contributed by atoms with E-state index in [2.05, 4.69) is 27.3 Å². The molecule has 0 saturated carbocycles. The Bertz CT molecular complexity index is 1060. The summed E-state index contributed by atoms with van der Waals surface area (Å²) in [5, 5.41) is 27.8. The minimum absolute atomic E-state index is 0.00900. The standard InChI is InChI=1S/C24H32N6O2/c1-16-13-18(14-22(32)17(16)2)23-20(15-30(28-23)11-12-31)21-7-9-26-24(27-21)25-8-6-19-5-4-10-29(19)3/h7,9,13-15,19,31-32H,4-6,8,10-12H2,1-3H3,(H,25,26,27).